The molecule has 0 saturated heterocycles. The van der Waals surface area contributed by atoms with Crippen LogP contribution < -0.4 is 10.1 Å². The summed E-state index contributed by atoms with van der Waals surface area (Å²) in [6, 6.07) is 10.2. The molecule has 2 aromatic heterocycles. The van der Waals surface area contributed by atoms with E-state index in [4.69, 9.17) is 20.9 Å². The molecule has 0 atom stereocenters. The van der Waals surface area contributed by atoms with Crippen LogP contribution in [0.1, 0.15) is 27.4 Å². The highest BCUT2D eigenvalue weighted by Gasteiger charge is 2.22. The van der Waals surface area contributed by atoms with Gasteiger partial charge in [-0.25, -0.2) is 18.4 Å². The Morgan fingerprint density at radius 2 is 2.09 bits per heavy atom. The van der Waals surface area contributed by atoms with E-state index >= 15 is 0 Å². The van der Waals surface area contributed by atoms with Gasteiger partial charge in [-0.05, 0) is 36.8 Å². The molecule has 164 valence electrons. The number of nitrogens with one attached hydrogen (secondary N) is 1. The number of hydrogen-bond donors (Lipinski definition) is 1. The van der Waals surface area contributed by atoms with Crippen LogP contribution in [-0.2, 0) is 13.2 Å². The zero-order chi connectivity index (χ0) is 22.7. The molecule has 0 aliphatic carbocycles. The molecule has 4 aromatic rings. The van der Waals surface area contributed by atoms with Gasteiger partial charge >= 0.3 is 0 Å². The van der Waals surface area contributed by atoms with Crippen molar-refractivity contribution in [3.05, 3.63) is 88.0 Å². The van der Waals surface area contributed by atoms with Gasteiger partial charge in [0, 0.05) is 11.1 Å². The van der Waals surface area contributed by atoms with Gasteiger partial charge in [-0.2, -0.15) is 0 Å². The number of benzene rings is 2. The molecule has 1 N–H and O–H groups in total. The lowest BCUT2D eigenvalue weighted by Gasteiger charge is -2.07. The van der Waals surface area contributed by atoms with Gasteiger partial charge in [0.2, 0.25) is 5.95 Å². The largest absolute Gasteiger partial charge is 0.486 e. The van der Waals surface area contributed by atoms with Gasteiger partial charge in [0.05, 0.1) is 12.1 Å². The van der Waals surface area contributed by atoms with Crippen molar-refractivity contribution in [2.24, 2.45) is 0 Å². The fraction of sp³-hybridized carbons (Fsp3) is 0.143. The van der Waals surface area contributed by atoms with Crippen molar-refractivity contribution in [2.75, 3.05) is 5.32 Å². The maximum absolute atomic E-state index is 13.8. The fourth-order valence-corrected chi connectivity index (χ4v) is 3.11. The summed E-state index contributed by atoms with van der Waals surface area (Å²) in [5, 5.41) is 11.1. The number of carbonyl (C=O) groups excluding carboxylic acids is 1. The maximum atomic E-state index is 13.8. The van der Waals surface area contributed by atoms with Crippen LogP contribution in [0.3, 0.4) is 0 Å². The fourth-order valence-electron chi connectivity index (χ4n) is 2.89. The standard InChI is InChI=1S/C21H16ClF2N5O3/c1-12-16(10-31-18-6-5-15(23)8-17(18)24)19(28-32-12)20(30)26-21-25-11-29(27-21)9-13-3-2-4-14(22)7-13/h2-8,11H,9-10H2,1H3,(H,26,27,30). The molecule has 0 aliphatic heterocycles. The number of amides is 1. The van der Waals surface area contributed by atoms with E-state index in [9.17, 15) is 13.6 Å². The van der Waals surface area contributed by atoms with Crippen molar-refractivity contribution in [3.8, 4) is 5.75 Å². The Morgan fingerprint density at radius 3 is 2.88 bits per heavy atom. The molecule has 0 radical (unpaired) electrons. The Morgan fingerprint density at radius 1 is 1.25 bits per heavy atom. The Hall–Kier alpha value is -3.79. The van der Waals surface area contributed by atoms with Crippen molar-refractivity contribution < 1.29 is 22.8 Å². The summed E-state index contributed by atoms with van der Waals surface area (Å²) in [4.78, 5) is 16.7. The maximum Gasteiger partial charge on any atom is 0.280 e. The topological polar surface area (TPSA) is 95.1 Å². The highest BCUT2D eigenvalue weighted by atomic mass is 35.5. The van der Waals surface area contributed by atoms with Crippen molar-refractivity contribution in [1.29, 1.82) is 0 Å². The second kappa shape index (κ2) is 9.15. The first-order chi connectivity index (χ1) is 15.4. The number of hydrogen-bond acceptors (Lipinski definition) is 6. The molecule has 11 heteroatoms. The SMILES string of the molecule is Cc1onc(C(=O)Nc2ncn(Cc3cccc(Cl)c3)n2)c1COc1ccc(F)cc1F. The van der Waals surface area contributed by atoms with E-state index < -0.39 is 17.5 Å². The molecule has 2 heterocycles. The molecule has 0 saturated carbocycles. The second-order valence-electron chi connectivity index (χ2n) is 6.78. The predicted octanol–water partition coefficient (Wildman–Crippen LogP) is 4.39. The third-order valence-electron chi connectivity index (χ3n) is 4.46. The lowest BCUT2D eigenvalue weighted by atomic mass is 10.2. The van der Waals surface area contributed by atoms with Crippen molar-refractivity contribution >= 4 is 23.5 Å². The van der Waals surface area contributed by atoms with Crippen molar-refractivity contribution in [3.63, 3.8) is 0 Å². The summed E-state index contributed by atoms with van der Waals surface area (Å²) in [5.74, 6) is -2.00. The van der Waals surface area contributed by atoms with E-state index in [1.54, 1.807) is 19.1 Å². The van der Waals surface area contributed by atoms with Crippen LogP contribution >= 0.6 is 11.6 Å². The van der Waals surface area contributed by atoms with Crippen LogP contribution in [0.15, 0.2) is 53.3 Å². The molecule has 0 aliphatic rings. The minimum atomic E-state index is -0.862. The highest BCUT2D eigenvalue weighted by molar-refractivity contribution is 6.30. The molecular formula is C21H16ClF2N5O3. The van der Waals surface area contributed by atoms with Crippen LogP contribution in [-0.4, -0.2) is 25.8 Å². The molecular weight excluding hydrogens is 444 g/mol. The van der Waals surface area contributed by atoms with Crippen molar-refractivity contribution in [1.82, 2.24) is 19.9 Å². The Kier molecular flexibility index (Phi) is 6.13. The van der Waals surface area contributed by atoms with E-state index in [1.807, 2.05) is 12.1 Å². The van der Waals surface area contributed by atoms with Crippen LogP contribution in [0, 0.1) is 18.6 Å². The first-order valence-corrected chi connectivity index (χ1v) is 9.75. The van der Waals surface area contributed by atoms with Gasteiger partial charge in [0.25, 0.3) is 5.91 Å². The van der Waals surface area contributed by atoms with E-state index in [0.717, 1.165) is 17.7 Å². The molecule has 0 spiro atoms. The number of anilines is 1. The highest BCUT2D eigenvalue weighted by Crippen LogP contribution is 2.22. The van der Waals surface area contributed by atoms with Gasteiger partial charge in [-0.1, -0.05) is 28.9 Å². The van der Waals surface area contributed by atoms with Gasteiger partial charge in [0.1, 0.15) is 24.5 Å². The zero-order valence-electron chi connectivity index (χ0n) is 16.7. The summed E-state index contributed by atoms with van der Waals surface area (Å²) in [6.07, 6.45) is 1.46. The van der Waals surface area contributed by atoms with E-state index in [0.29, 0.717) is 29.0 Å². The number of aryl methyl sites for hydroxylation is 1. The van der Waals surface area contributed by atoms with Gasteiger partial charge in [0.15, 0.2) is 17.3 Å². The Bertz CT molecular complexity index is 1270. The number of ether oxygens (including phenoxy) is 1. The summed E-state index contributed by atoms with van der Waals surface area (Å²) in [6.45, 7) is 1.79. The smallest absolute Gasteiger partial charge is 0.280 e. The number of rotatable bonds is 7. The summed E-state index contributed by atoms with van der Waals surface area (Å²) in [7, 11) is 0. The van der Waals surface area contributed by atoms with Crippen LogP contribution in [0.4, 0.5) is 14.7 Å². The average molecular weight is 460 g/mol. The normalized spacial score (nSPS) is 10.9. The summed E-state index contributed by atoms with van der Waals surface area (Å²) in [5.41, 5.74) is 1.17. The first-order valence-electron chi connectivity index (χ1n) is 9.37. The lowest BCUT2D eigenvalue weighted by Crippen LogP contribution is -2.16. The molecule has 1 amide bonds. The van der Waals surface area contributed by atoms with E-state index in [-0.39, 0.29) is 24.0 Å². The van der Waals surface area contributed by atoms with Crippen LogP contribution in [0.5, 0.6) is 5.75 Å². The number of halogens is 3. The Balaban J connectivity index is 1.43. The molecule has 0 bridgehead atoms. The van der Waals surface area contributed by atoms with E-state index in [1.165, 1.54) is 11.0 Å². The molecule has 8 nitrogen and oxygen atoms in total. The number of carbonyl (C=O) groups is 1. The minimum absolute atomic E-state index is 0.0591. The molecule has 4 rings (SSSR count). The quantitative estimate of drug-likeness (QED) is 0.440. The van der Waals surface area contributed by atoms with Crippen molar-refractivity contribution in [2.45, 2.75) is 20.1 Å². The third-order valence-corrected chi connectivity index (χ3v) is 4.70. The monoisotopic (exact) mass is 459 g/mol. The minimum Gasteiger partial charge on any atom is -0.486 e. The first kappa shape index (κ1) is 21.4. The third kappa shape index (κ3) is 4.92. The number of nitrogens with zero attached hydrogens (tertiary/aromatic N) is 4. The predicted molar refractivity (Wildman–Crippen MR) is 110 cm³/mol. The molecule has 0 unspecified atom stereocenters. The van der Waals surface area contributed by atoms with Gasteiger partial charge in [-0.15, -0.1) is 5.10 Å². The van der Waals surface area contributed by atoms with Crippen LogP contribution in [0.25, 0.3) is 0 Å². The van der Waals surface area contributed by atoms with Crippen LogP contribution in [0.2, 0.25) is 5.02 Å². The molecule has 0 fully saturated rings. The lowest BCUT2D eigenvalue weighted by molar-refractivity contribution is 0.101. The van der Waals surface area contributed by atoms with Gasteiger partial charge in [-0.3, -0.25) is 10.1 Å². The zero-order valence-corrected chi connectivity index (χ0v) is 17.4. The summed E-state index contributed by atoms with van der Waals surface area (Å²) >= 11 is 5.98. The Labute approximate surface area is 185 Å². The number of aromatic nitrogens is 4. The van der Waals surface area contributed by atoms with E-state index in [2.05, 4.69) is 20.6 Å². The van der Waals surface area contributed by atoms with Gasteiger partial charge < -0.3 is 9.26 Å². The average Bonchev–Trinajstić information content (AvgIpc) is 3.33. The molecule has 32 heavy (non-hydrogen) atoms. The summed E-state index contributed by atoms with van der Waals surface area (Å²) < 4.78 is 38.8. The second-order valence-corrected chi connectivity index (χ2v) is 7.22. The molecule has 2 aromatic carbocycles.